The van der Waals surface area contributed by atoms with E-state index in [4.69, 9.17) is 23.7 Å². The maximum Gasteiger partial charge on any atom is 0.280 e. The number of hydrogen-bond donors (Lipinski definition) is 0. The Kier molecular flexibility index (Phi) is 9.42. The molecule has 0 fully saturated rings. The van der Waals surface area contributed by atoms with Crippen LogP contribution in [0, 0.1) is 10.1 Å². The van der Waals surface area contributed by atoms with Crippen molar-refractivity contribution >= 4 is 35.5 Å². The molecule has 3 rings (SSSR count). The first-order valence-corrected chi connectivity index (χ1v) is 11.4. The first kappa shape index (κ1) is 27.7. The van der Waals surface area contributed by atoms with Crippen LogP contribution >= 0.6 is 0 Å². The molecule has 0 aliphatic carbocycles. The molecule has 0 heterocycles. The number of nitrogens with zero attached hydrogens (tertiary/aromatic N) is 2. The van der Waals surface area contributed by atoms with Crippen LogP contribution in [0.4, 0.5) is 11.4 Å². The Bertz CT molecular complexity index is 1360. The Morgan fingerprint density at radius 1 is 0.816 bits per heavy atom. The van der Waals surface area contributed by atoms with Gasteiger partial charge in [0.15, 0.2) is 28.8 Å². The summed E-state index contributed by atoms with van der Waals surface area (Å²) in [5.74, 6) is 1.93. The zero-order chi connectivity index (χ0) is 27.7. The van der Waals surface area contributed by atoms with E-state index in [1.54, 1.807) is 32.4 Å². The lowest BCUT2D eigenvalue weighted by Gasteiger charge is -2.13. The van der Waals surface area contributed by atoms with E-state index >= 15 is 0 Å². The molecule has 0 N–H and O–H groups in total. The summed E-state index contributed by atoms with van der Waals surface area (Å²) in [5.41, 5.74) is 1.74. The van der Waals surface area contributed by atoms with Gasteiger partial charge in [-0.25, -0.2) is 0 Å². The van der Waals surface area contributed by atoms with Crippen molar-refractivity contribution in [3.05, 3.63) is 75.3 Å². The van der Waals surface area contributed by atoms with Gasteiger partial charge < -0.3 is 23.7 Å². The zero-order valence-corrected chi connectivity index (χ0v) is 21.7. The molecule has 0 radical (unpaired) electrons. The van der Waals surface area contributed by atoms with Crippen LogP contribution in [0.25, 0.3) is 12.2 Å². The molecule has 3 aromatic carbocycles. The highest BCUT2D eigenvalue weighted by Crippen LogP contribution is 2.40. The lowest BCUT2D eigenvalue weighted by Crippen LogP contribution is -2.04. The van der Waals surface area contributed by atoms with Gasteiger partial charge in [-0.05, 0) is 41.5 Å². The number of hydrogen-bond acceptors (Lipinski definition) is 9. The number of aliphatic imine (C=N–C) groups is 1. The Labute approximate surface area is 220 Å². The second-order valence-corrected chi connectivity index (χ2v) is 7.78. The summed E-state index contributed by atoms with van der Waals surface area (Å²) in [6, 6.07) is 13.0. The molecule has 10 heteroatoms. The first-order chi connectivity index (χ1) is 18.4. The van der Waals surface area contributed by atoms with Gasteiger partial charge in [0.2, 0.25) is 5.75 Å². The van der Waals surface area contributed by atoms with Gasteiger partial charge in [-0.15, -0.1) is 0 Å². The third-order valence-electron chi connectivity index (χ3n) is 5.55. The van der Waals surface area contributed by atoms with Crippen molar-refractivity contribution in [3.8, 4) is 28.7 Å². The van der Waals surface area contributed by atoms with E-state index in [2.05, 4.69) is 4.99 Å². The van der Waals surface area contributed by atoms with E-state index in [0.717, 1.165) is 11.1 Å². The molecule has 0 unspecified atom stereocenters. The molecule has 0 saturated carbocycles. The number of ketones is 1. The Morgan fingerprint density at radius 3 is 1.87 bits per heavy atom. The average molecular weight is 521 g/mol. The van der Waals surface area contributed by atoms with Gasteiger partial charge in [-0.3, -0.25) is 19.9 Å². The number of nitro benzene ring substituents is 1. The minimum absolute atomic E-state index is 0.0236. The molecule has 0 saturated heterocycles. The highest BCUT2D eigenvalue weighted by Gasteiger charge is 2.18. The van der Waals surface area contributed by atoms with Crippen molar-refractivity contribution in [1.82, 2.24) is 0 Å². The van der Waals surface area contributed by atoms with Crippen LogP contribution in [-0.4, -0.2) is 52.5 Å². The van der Waals surface area contributed by atoms with Crippen LogP contribution in [0.15, 0.2) is 53.5 Å². The number of benzene rings is 3. The molecule has 0 atom stereocenters. The fraction of sp³-hybridized carbons (Fsp3) is 0.214. The van der Waals surface area contributed by atoms with Gasteiger partial charge in [0, 0.05) is 18.7 Å². The zero-order valence-electron chi connectivity index (χ0n) is 21.7. The summed E-state index contributed by atoms with van der Waals surface area (Å²) in [6.45, 7) is 0. The third-order valence-corrected chi connectivity index (χ3v) is 5.55. The molecular weight excluding hydrogens is 492 g/mol. The molecule has 0 aliphatic rings. The summed E-state index contributed by atoms with van der Waals surface area (Å²) in [5, 5.41) is 11.2. The Hall–Kier alpha value is -4.86. The molecule has 0 aliphatic heterocycles. The fourth-order valence-corrected chi connectivity index (χ4v) is 3.75. The summed E-state index contributed by atoms with van der Waals surface area (Å²) >= 11 is 0. The Morgan fingerprint density at radius 2 is 1.34 bits per heavy atom. The van der Waals surface area contributed by atoms with E-state index in [0.29, 0.717) is 34.4 Å². The van der Waals surface area contributed by atoms with Crippen LogP contribution in [0.2, 0.25) is 0 Å². The highest BCUT2D eigenvalue weighted by molar-refractivity contribution is 6.06. The van der Waals surface area contributed by atoms with Crippen LogP contribution in [0.1, 0.15) is 27.9 Å². The number of Topliss-reactive ketones (excluding diaryl/α,β-unsaturated/α-hetero) is 1. The van der Waals surface area contributed by atoms with E-state index in [1.165, 1.54) is 45.7 Å². The van der Waals surface area contributed by atoms with E-state index in [-0.39, 0.29) is 17.7 Å². The molecule has 198 valence electrons. The second kappa shape index (κ2) is 12.9. The first-order valence-electron chi connectivity index (χ1n) is 11.4. The van der Waals surface area contributed by atoms with Crippen molar-refractivity contribution < 1.29 is 33.4 Å². The second-order valence-electron chi connectivity index (χ2n) is 7.78. The number of carbonyl (C=O) groups excluding carboxylic acids is 1. The number of rotatable bonds is 12. The maximum absolute atomic E-state index is 12.6. The van der Waals surface area contributed by atoms with E-state index in [1.807, 2.05) is 24.3 Å². The van der Waals surface area contributed by atoms with Crippen LogP contribution in [0.5, 0.6) is 28.7 Å². The monoisotopic (exact) mass is 520 g/mol. The lowest BCUT2D eigenvalue weighted by molar-refractivity contribution is -0.385. The fourth-order valence-electron chi connectivity index (χ4n) is 3.75. The molecule has 3 aromatic rings. The summed E-state index contributed by atoms with van der Waals surface area (Å²) in [7, 11) is 7.63. The highest BCUT2D eigenvalue weighted by atomic mass is 16.6. The quantitative estimate of drug-likeness (QED) is 0.0969. The van der Waals surface area contributed by atoms with Gasteiger partial charge in [0.25, 0.3) is 5.69 Å². The average Bonchev–Trinajstić information content (AvgIpc) is 2.94. The van der Waals surface area contributed by atoms with Gasteiger partial charge in [0.05, 0.1) is 46.0 Å². The molecular formula is C28H28N2O8. The van der Waals surface area contributed by atoms with Crippen LogP contribution in [0.3, 0.4) is 0 Å². The number of nitro groups is 1. The Balaban J connectivity index is 1.92. The number of ether oxygens (including phenoxy) is 5. The standard InChI is InChI=1S/C28H28N2O8/c1-34-24-15-18(10-11-19-16-25(35-2)28(38-5)26(17-19)36-3)14-21(27(24)37-4)29-13-12-23(31)20-8-6-7-9-22(20)30(32)33/h6-11,13-17H,12H2,1-5H3/b11-10-,29-13?. The molecule has 0 aromatic heterocycles. The van der Waals surface area contributed by atoms with Gasteiger partial charge in [-0.2, -0.15) is 0 Å². The largest absolute Gasteiger partial charge is 0.493 e. The minimum Gasteiger partial charge on any atom is -0.493 e. The lowest BCUT2D eigenvalue weighted by atomic mass is 10.1. The topological polar surface area (TPSA) is 119 Å². The van der Waals surface area contributed by atoms with Crippen molar-refractivity contribution in [1.29, 1.82) is 0 Å². The van der Waals surface area contributed by atoms with Crippen molar-refractivity contribution in [2.75, 3.05) is 35.5 Å². The van der Waals surface area contributed by atoms with Gasteiger partial charge in [0.1, 0.15) is 5.69 Å². The minimum atomic E-state index is -0.581. The SMILES string of the molecule is COc1cc(/C=C\c2cc(OC)c(OC)c(OC)c2)cc(N=CCC(=O)c2ccccc2[N+](=O)[O-])c1OC. The summed E-state index contributed by atoms with van der Waals surface area (Å²) < 4.78 is 27.2. The van der Waals surface area contributed by atoms with Gasteiger partial charge in [-0.1, -0.05) is 24.3 Å². The third kappa shape index (κ3) is 6.28. The summed E-state index contributed by atoms with van der Waals surface area (Å²) in [4.78, 5) is 27.7. The number of methoxy groups -OCH3 is 5. The van der Waals surface area contributed by atoms with Gasteiger partial charge >= 0.3 is 0 Å². The van der Waals surface area contributed by atoms with Crippen LogP contribution in [-0.2, 0) is 0 Å². The van der Waals surface area contributed by atoms with Crippen molar-refractivity contribution in [2.24, 2.45) is 4.99 Å². The molecule has 38 heavy (non-hydrogen) atoms. The predicted octanol–water partition coefficient (Wildman–Crippen LogP) is 5.78. The molecule has 10 nitrogen and oxygen atoms in total. The smallest absolute Gasteiger partial charge is 0.280 e. The van der Waals surface area contributed by atoms with Crippen molar-refractivity contribution in [3.63, 3.8) is 0 Å². The molecule has 0 bridgehead atoms. The van der Waals surface area contributed by atoms with E-state index in [9.17, 15) is 14.9 Å². The molecule has 0 amide bonds. The number of para-hydroxylation sites is 1. The van der Waals surface area contributed by atoms with E-state index < -0.39 is 10.7 Å². The predicted molar refractivity (Wildman–Crippen MR) is 145 cm³/mol. The maximum atomic E-state index is 12.6. The normalized spacial score (nSPS) is 11.0. The molecule has 0 spiro atoms. The number of carbonyl (C=O) groups is 1. The van der Waals surface area contributed by atoms with Crippen LogP contribution < -0.4 is 23.7 Å². The van der Waals surface area contributed by atoms with Crippen molar-refractivity contribution in [2.45, 2.75) is 6.42 Å². The summed E-state index contributed by atoms with van der Waals surface area (Å²) in [6.07, 6.45) is 4.96.